The number of nitrogens with zero attached hydrogens (tertiary/aromatic N) is 4. The maximum atomic E-state index is 12.5. The summed E-state index contributed by atoms with van der Waals surface area (Å²) in [4.78, 5) is 0.167. The van der Waals surface area contributed by atoms with Crippen molar-refractivity contribution in [3.8, 4) is 5.75 Å². The van der Waals surface area contributed by atoms with Gasteiger partial charge >= 0.3 is 0 Å². The number of hydrogen-bond donors (Lipinski definition) is 1. The van der Waals surface area contributed by atoms with Crippen LogP contribution in [-0.2, 0) is 22.2 Å². The van der Waals surface area contributed by atoms with Gasteiger partial charge in [0.15, 0.2) is 11.5 Å². The Labute approximate surface area is 195 Å². The molecule has 0 amide bonds. The third-order valence-corrected chi connectivity index (χ3v) is 7.46. The lowest BCUT2D eigenvalue weighted by Crippen LogP contribution is -2.26. The summed E-state index contributed by atoms with van der Waals surface area (Å²) in [6.45, 7) is 0.161. The lowest BCUT2D eigenvalue weighted by Gasteiger charge is -2.07. The molecule has 0 bridgehead atoms. The summed E-state index contributed by atoms with van der Waals surface area (Å²) in [6.07, 6.45) is 0.336. The van der Waals surface area contributed by atoms with E-state index in [1.807, 2.05) is 36.4 Å². The number of benzene rings is 2. The van der Waals surface area contributed by atoms with Gasteiger partial charge in [0.2, 0.25) is 10.0 Å². The summed E-state index contributed by atoms with van der Waals surface area (Å²) in [5.74, 6) is 1.84. The number of halogens is 1. The van der Waals surface area contributed by atoms with E-state index in [1.165, 1.54) is 19.2 Å². The quantitative estimate of drug-likeness (QED) is 0.358. The first-order chi connectivity index (χ1) is 15.5. The zero-order valence-electron chi connectivity index (χ0n) is 17.1. The summed E-state index contributed by atoms with van der Waals surface area (Å²) < 4.78 is 34.3. The maximum absolute atomic E-state index is 12.5. The molecule has 1 N–H and O–H groups in total. The average Bonchev–Trinajstić information content (AvgIpc) is 3.21. The summed E-state index contributed by atoms with van der Waals surface area (Å²) in [7, 11) is -2.12. The van der Waals surface area contributed by atoms with E-state index in [9.17, 15) is 8.42 Å². The molecule has 0 unspecified atom stereocenters. The normalized spacial score (nSPS) is 11.7. The van der Waals surface area contributed by atoms with Crippen LogP contribution in [0.4, 0.5) is 0 Å². The van der Waals surface area contributed by atoms with Crippen molar-refractivity contribution in [2.24, 2.45) is 0 Å². The van der Waals surface area contributed by atoms with Crippen LogP contribution in [0.25, 0.3) is 5.65 Å². The molecule has 0 saturated heterocycles. The molecule has 166 valence electrons. The topological polar surface area (TPSA) is 98.5 Å². The highest BCUT2D eigenvalue weighted by Gasteiger charge is 2.15. The summed E-state index contributed by atoms with van der Waals surface area (Å²) in [5.41, 5.74) is 1.62. The predicted molar refractivity (Wildman–Crippen MR) is 124 cm³/mol. The van der Waals surface area contributed by atoms with E-state index in [0.29, 0.717) is 29.4 Å². The number of aromatic nitrogens is 4. The number of nitrogens with one attached hydrogen (secondary N) is 1. The fourth-order valence-electron chi connectivity index (χ4n) is 2.95. The number of ether oxygens (including phenoxy) is 1. The minimum absolute atomic E-state index is 0.161. The van der Waals surface area contributed by atoms with E-state index in [1.54, 1.807) is 28.4 Å². The number of rotatable bonds is 9. The van der Waals surface area contributed by atoms with Gasteiger partial charge in [-0.05, 0) is 48.0 Å². The molecule has 32 heavy (non-hydrogen) atoms. The second kappa shape index (κ2) is 9.86. The largest absolute Gasteiger partial charge is 0.497 e. The van der Waals surface area contributed by atoms with E-state index in [2.05, 4.69) is 20.0 Å². The smallest absolute Gasteiger partial charge is 0.240 e. The molecule has 0 radical (unpaired) electrons. The lowest BCUT2D eigenvalue weighted by atomic mass is 10.2. The molecule has 4 aromatic rings. The molecule has 2 aromatic carbocycles. The fourth-order valence-corrected chi connectivity index (χ4v) is 5.12. The van der Waals surface area contributed by atoms with E-state index in [0.717, 1.165) is 15.6 Å². The van der Waals surface area contributed by atoms with Gasteiger partial charge in [-0.2, -0.15) is 9.61 Å². The van der Waals surface area contributed by atoms with Crippen LogP contribution in [0.3, 0.4) is 0 Å². The van der Waals surface area contributed by atoms with Gasteiger partial charge in [-0.1, -0.05) is 41.6 Å². The highest BCUT2D eigenvalue weighted by atomic mass is 35.5. The third kappa shape index (κ3) is 5.21. The Morgan fingerprint density at radius 2 is 1.84 bits per heavy atom. The Hall–Kier alpha value is -2.66. The molecule has 0 spiro atoms. The highest BCUT2D eigenvalue weighted by Crippen LogP contribution is 2.25. The molecule has 2 heterocycles. The van der Waals surface area contributed by atoms with Gasteiger partial charge < -0.3 is 4.74 Å². The van der Waals surface area contributed by atoms with Crippen molar-refractivity contribution in [2.75, 3.05) is 13.7 Å². The van der Waals surface area contributed by atoms with Crippen molar-refractivity contribution in [3.05, 3.63) is 77.1 Å². The monoisotopic (exact) mass is 489 g/mol. The summed E-state index contributed by atoms with van der Waals surface area (Å²) >= 11 is 7.77. The molecule has 11 heteroatoms. The van der Waals surface area contributed by atoms with Crippen molar-refractivity contribution in [3.63, 3.8) is 0 Å². The second-order valence-corrected chi connectivity index (χ2v) is 9.93. The first kappa shape index (κ1) is 22.5. The maximum Gasteiger partial charge on any atom is 0.240 e. The van der Waals surface area contributed by atoms with Crippen LogP contribution >= 0.6 is 23.4 Å². The molecule has 2 aromatic heterocycles. The van der Waals surface area contributed by atoms with E-state index in [-0.39, 0.29) is 11.4 Å². The van der Waals surface area contributed by atoms with E-state index in [4.69, 9.17) is 16.3 Å². The van der Waals surface area contributed by atoms with E-state index < -0.39 is 10.0 Å². The third-order valence-electron chi connectivity index (χ3n) is 4.65. The number of hydrogen-bond acceptors (Lipinski definition) is 7. The molecule has 0 atom stereocenters. The van der Waals surface area contributed by atoms with Crippen LogP contribution in [0.1, 0.15) is 11.4 Å². The molecule has 0 aliphatic heterocycles. The van der Waals surface area contributed by atoms with Gasteiger partial charge in [0, 0.05) is 23.7 Å². The Bertz CT molecular complexity index is 1330. The molecule has 0 fully saturated rings. The zero-order chi connectivity index (χ0) is 22.6. The van der Waals surface area contributed by atoms with Gasteiger partial charge in [0.25, 0.3) is 0 Å². The van der Waals surface area contributed by atoms with Crippen molar-refractivity contribution < 1.29 is 13.2 Å². The predicted octanol–water partition coefficient (Wildman–Crippen LogP) is 3.60. The first-order valence-electron chi connectivity index (χ1n) is 9.67. The van der Waals surface area contributed by atoms with E-state index >= 15 is 0 Å². The summed E-state index contributed by atoms with van der Waals surface area (Å²) in [5, 5.41) is 14.4. The number of fused-ring (bicyclic) bond motifs is 1. The average molecular weight is 490 g/mol. The SMILES string of the molecule is COc1ccc(S(=O)(=O)NCCc2nnc3ccc(SCc4ccccc4Cl)nn23)cc1. The lowest BCUT2D eigenvalue weighted by molar-refractivity contribution is 0.414. The van der Waals surface area contributed by atoms with Crippen LogP contribution in [-0.4, -0.2) is 41.9 Å². The van der Waals surface area contributed by atoms with Gasteiger partial charge in [-0.15, -0.1) is 10.2 Å². The van der Waals surface area contributed by atoms with Gasteiger partial charge in [-0.25, -0.2) is 13.1 Å². The van der Waals surface area contributed by atoms with Gasteiger partial charge in [0.05, 0.1) is 12.0 Å². The molecule has 8 nitrogen and oxygen atoms in total. The van der Waals surface area contributed by atoms with Crippen LogP contribution in [0.15, 0.2) is 70.6 Å². The Morgan fingerprint density at radius 3 is 2.59 bits per heavy atom. The number of sulfonamides is 1. The zero-order valence-corrected chi connectivity index (χ0v) is 19.5. The number of methoxy groups -OCH3 is 1. The van der Waals surface area contributed by atoms with Crippen LogP contribution in [0.5, 0.6) is 5.75 Å². The molecule has 0 aliphatic carbocycles. The van der Waals surface area contributed by atoms with Crippen molar-refractivity contribution in [1.29, 1.82) is 0 Å². The minimum Gasteiger partial charge on any atom is -0.497 e. The molecular weight excluding hydrogens is 470 g/mol. The van der Waals surface area contributed by atoms with Crippen LogP contribution in [0.2, 0.25) is 5.02 Å². The van der Waals surface area contributed by atoms with Gasteiger partial charge in [0.1, 0.15) is 10.8 Å². The molecule has 0 saturated carbocycles. The summed E-state index contributed by atoms with van der Waals surface area (Å²) in [6, 6.07) is 17.6. The molecule has 0 aliphatic rings. The van der Waals surface area contributed by atoms with Crippen molar-refractivity contribution in [1.82, 2.24) is 24.5 Å². The van der Waals surface area contributed by atoms with Gasteiger partial charge in [-0.3, -0.25) is 0 Å². The second-order valence-electron chi connectivity index (χ2n) is 6.76. The number of thioether (sulfide) groups is 1. The van der Waals surface area contributed by atoms with Crippen molar-refractivity contribution >= 4 is 39.0 Å². The minimum atomic E-state index is -3.64. The van der Waals surface area contributed by atoms with Crippen molar-refractivity contribution in [2.45, 2.75) is 22.1 Å². The highest BCUT2D eigenvalue weighted by molar-refractivity contribution is 7.98. The Kier molecular flexibility index (Phi) is 6.95. The first-order valence-corrected chi connectivity index (χ1v) is 12.5. The Morgan fingerprint density at radius 1 is 1.06 bits per heavy atom. The standard InChI is InChI=1S/C21H20ClN5O3S2/c1-30-16-6-8-17(9-7-16)32(28,29)23-13-12-20-25-24-19-10-11-21(26-27(19)20)31-14-15-4-2-3-5-18(15)22/h2-11,23H,12-14H2,1H3. The Balaban J connectivity index is 1.41. The molecule has 4 rings (SSSR count). The van der Waals surface area contributed by atoms with Crippen LogP contribution in [0, 0.1) is 0 Å². The van der Waals surface area contributed by atoms with Crippen LogP contribution < -0.4 is 9.46 Å². The fraction of sp³-hybridized carbons (Fsp3) is 0.190. The molecular formula is C21H20ClN5O3S2.